The van der Waals surface area contributed by atoms with E-state index in [0.29, 0.717) is 6.04 Å². The molecule has 0 unspecified atom stereocenters. The van der Waals surface area contributed by atoms with Gasteiger partial charge in [0.05, 0.1) is 6.61 Å². The van der Waals surface area contributed by atoms with Crippen LogP contribution in [-0.4, -0.2) is 61.1 Å². The first-order valence-electron chi connectivity index (χ1n) is 8.98. The summed E-state index contributed by atoms with van der Waals surface area (Å²) in [6.07, 6.45) is 4.20. The highest BCUT2D eigenvalue weighted by Gasteiger charge is 2.28. The normalized spacial score (nSPS) is 21.2. The Labute approximate surface area is 139 Å². The van der Waals surface area contributed by atoms with Crippen LogP contribution >= 0.6 is 0 Å². The Morgan fingerprint density at radius 1 is 1.13 bits per heavy atom. The molecule has 0 atom stereocenters. The summed E-state index contributed by atoms with van der Waals surface area (Å²) in [5.74, 6) is 0.208. The van der Waals surface area contributed by atoms with Crippen LogP contribution in [0.4, 0.5) is 0 Å². The number of benzene rings is 1. The maximum absolute atomic E-state index is 12.8. The molecule has 0 radical (unpaired) electrons. The maximum atomic E-state index is 12.8. The van der Waals surface area contributed by atoms with Crippen LogP contribution in [0, 0.1) is 0 Å². The molecule has 0 spiro atoms. The lowest BCUT2D eigenvalue weighted by Gasteiger charge is -2.38. The first-order chi connectivity index (χ1) is 11.3. The third-order valence-corrected chi connectivity index (χ3v) is 5.15. The van der Waals surface area contributed by atoms with Crippen LogP contribution in [0.1, 0.15) is 42.1 Å². The Balaban J connectivity index is 1.59. The van der Waals surface area contributed by atoms with Crippen LogP contribution in [0.15, 0.2) is 24.3 Å². The number of hydrogen-bond donors (Lipinski definition) is 0. The van der Waals surface area contributed by atoms with Crippen molar-refractivity contribution in [2.75, 3.05) is 39.4 Å². The summed E-state index contributed by atoms with van der Waals surface area (Å²) >= 11 is 0. The third-order valence-electron chi connectivity index (χ3n) is 5.15. The summed E-state index contributed by atoms with van der Waals surface area (Å²) < 4.78 is 5.55. The molecule has 2 heterocycles. The molecule has 2 saturated heterocycles. The van der Waals surface area contributed by atoms with Crippen molar-refractivity contribution in [3.8, 4) is 0 Å². The van der Waals surface area contributed by atoms with E-state index in [0.717, 1.165) is 76.2 Å². The van der Waals surface area contributed by atoms with Gasteiger partial charge in [0.15, 0.2) is 0 Å². The van der Waals surface area contributed by atoms with Gasteiger partial charge in [0.25, 0.3) is 5.91 Å². The van der Waals surface area contributed by atoms with Gasteiger partial charge in [0, 0.05) is 44.4 Å². The van der Waals surface area contributed by atoms with Crippen molar-refractivity contribution >= 4 is 5.91 Å². The van der Waals surface area contributed by atoms with Crippen molar-refractivity contribution in [3.63, 3.8) is 0 Å². The minimum Gasteiger partial charge on any atom is -0.380 e. The second-order valence-corrected chi connectivity index (χ2v) is 6.54. The van der Waals surface area contributed by atoms with Gasteiger partial charge >= 0.3 is 0 Å². The van der Waals surface area contributed by atoms with E-state index in [-0.39, 0.29) is 5.91 Å². The van der Waals surface area contributed by atoms with E-state index in [1.165, 1.54) is 0 Å². The molecule has 0 bridgehead atoms. The Kier molecular flexibility index (Phi) is 5.68. The van der Waals surface area contributed by atoms with Gasteiger partial charge < -0.3 is 9.64 Å². The van der Waals surface area contributed by atoms with Crippen LogP contribution in [0.25, 0.3) is 0 Å². The van der Waals surface area contributed by atoms with E-state index in [1.54, 1.807) is 0 Å². The molecule has 2 fully saturated rings. The molecule has 126 valence electrons. The number of rotatable bonds is 3. The van der Waals surface area contributed by atoms with E-state index >= 15 is 0 Å². The van der Waals surface area contributed by atoms with E-state index in [1.807, 2.05) is 23.1 Å². The van der Waals surface area contributed by atoms with Gasteiger partial charge in [-0.05, 0) is 37.3 Å². The van der Waals surface area contributed by atoms with Gasteiger partial charge in [-0.3, -0.25) is 9.69 Å². The van der Waals surface area contributed by atoms with Gasteiger partial charge in [-0.25, -0.2) is 0 Å². The molecule has 1 aromatic carbocycles. The quantitative estimate of drug-likeness (QED) is 0.859. The highest BCUT2D eigenvalue weighted by atomic mass is 16.5. The SMILES string of the molecule is CCc1ccccc1C(=O)N1CCC(N2CCCOCC2)CC1. The highest BCUT2D eigenvalue weighted by molar-refractivity contribution is 5.95. The molecule has 0 N–H and O–H groups in total. The highest BCUT2D eigenvalue weighted by Crippen LogP contribution is 2.21. The zero-order valence-electron chi connectivity index (χ0n) is 14.2. The molecule has 0 aromatic heterocycles. The standard InChI is InChI=1S/C19H28N2O2/c1-2-16-6-3-4-7-18(16)19(22)21-11-8-17(9-12-21)20-10-5-14-23-15-13-20/h3-4,6-7,17H,2,5,8-15H2,1H3. The molecule has 1 aromatic rings. The van der Waals surface area contributed by atoms with E-state index < -0.39 is 0 Å². The van der Waals surface area contributed by atoms with Crippen molar-refractivity contribution in [3.05, 3.63) is 35.4 Å². The minimum atomic E-state index is 0.208. The van der Waals surface area contributed by atoms with E-state index in [9.17, 15) is 4.79 Å². The molecular weight excluding hydrogens is 288 g/mol. The number of ether oxygens (including phenoxy) is 1. The largest absolute Gasteiger partial charge is 0.380 e. The minimum absolute atomic E-state index is 0.208. The summed E-state index contributed by atoms with van der Waals surface area (Å²) in [7, 11) is 0. The lowest BCUT2D eigenvalue weighted by molar-refractivity contribution is 0.0608. The van der Waals surface area contributed by atoms with Crippen molar-refractivity contribution in [1.29, 1.82) is 0 Å². The first kappa shape index (κ1) is 16.5. The van der Waals surface area contributed by atoms with Gasteiger partial charge in [-0.2, -0.15) is 0 Å². The van der Waals surface area contributed by atoms with Crippen LogP contribution < -0.4 is 0 Å². The number of amides is 1. The van der Waals surface area contributed by atoms with Crippen molar-refractivity contribution in [2.24, 2.45) is 0 Å². The average molecular weight is 316 g/mol. The molecule has 3 rings (SSSR count). The number of piperidine rings is 1. The molecule has 4 heteroatoms. The monoisotopic (exact) mass is 316 g/mol. The molecule has 2 aliphatic rings. The number of hydrogen-bond acceptors (Lipinski definition) is 3. The first-order valence-corrected chi connectivity index (χ1v) is 8.98. The van der Waals surface area contributed by atoms with E-state index in [2.05, 4.69) is 17.9 Å². The van der Waals surface area contributed by atoms with Crippen molar-refractivity contribution in [2.45, 2.75) is 38.6 Å². The number of aryl methyl sites for hydroxylation is 1. The summed E-state index contributed by atoms with van der Waals surface area (Å²) in [6.45, 7) is 7.77. The summed E-state index contributed by atoms with van der Waals surface area (Å²) in [5.41, 5.74) is 2.04. The van der Waals surface area contributed by atoms with Crippen LogP contribution in [-0.2, 0) is 11.2 Å². The Morgan fingerprint density at radius 2 is 1.91 bits per heavy atom. The number of nitrogens with zero attached hydrogens (tertiary/aromatic N) is 2. The molecule has 2 aliphatic heterocycles. The van der Waals surface area contributed by atoms with Crippen LogP contribution in [0.2, 0.25) is 0 Å². The van der Waals surface area contributed by atoms with Crippen LogP contribution in [0.5, 0.6) is 0 Å². The van der Waals surface area contributed by atoms with Crippen molar-refractivity contribution in [1.82, 2.24) is 9.80 Å². The Morgan fingerprint density at radius 3 is 2.70 bits per heavy atom. The summed E-state index contributed by atoms with van der Waals surface area (Å²) in [4.78, 5) is 17.4. The fourth-order valence-electron chi connectivity index (χ4n) is 3.77. The lowest BCUT2D eigenvalue weighted by atomic mass is 9.99. The van der Waals surface area contributed by atoms with Gasteiger partial charge in [0.2, 0.25) is 0 Å². The van der Waals surface area contributed by atoms with Crippen LogP contribution in [0.3, 0.4) is 0 Å². The predicted octanol–water partition coefficient (Wildman–Crippen LogP) is 2.58. The molecule has 4 nitrogen and oxygen atoms in total. The van der Waals surface area contributed by atoms with Gasteiger partial charge in [-0.15, -0.1) is 0 Å². The average Bonchev–Trinajstić information content (AvgIpc) is 2.90. The second kappa shape index (κ2) is 7.93. The fraction of sp³-hybridized carbons (Fsp3) is 0.632. The fourth-order valence-corrected chi connectivity index (χ4v) is 3.77. The molecule has 0 aliphatic carbocycles. The zero-order chi connectivity index (χ0) is 16.1. The number of carbonyl (C=O) groups excluding carboxylic acids is 1. The smallest absolute Gasteiger partial charge is 0.254 e. The Hall–Kier alpha value is -1.39. The summed E-state index contributed by atoms with van der Waals surface area (Å²) in [5, 5.41) is 0. The van der Waals surface area contributed by atoms with Crippen molar-refractivity contribution < 1.29 is 9.53 Å². The number of carbonyl (C=O) groups is 1. The topological polar surface area (TPSA) is 32.8 Å². The second-order valence-electron chi connectivity index (χ2n) is 6.54. The molecule has 1 amide bonds. The van der Waals surface area contributed by atoms with E-state index in [4.69, 9.17) is 4.74 Å². The molecule has 23 heavy (non-hydrogen) atoms. The Bertz CT molecular complexity index is 516. The lowest BCUT2D eigenvalue weighted by Crippen LogP contribution is -2.47. The predicted molar refractivity (Wildman–Crippen MR) is 91.8 cm³/mol. The van der Waals surface area contributed by atoms with Gasteiger partial charge in [0.1, 0.15) is 0 Å². The number of likely N-dealkylation sites (tertiary alicyclic amines) is 1. The maximum Gasteiger partial charge on any atom is 0.254 e. The summed E-state index contributed by atoms with van der Waals surface area (Å²) in [6, 6.07) is 8.64. The molecular formula is C19H28N2O2. The zero-order valence-corrected chi connectivity index (χ0v) is 14.2. The van der Waals surface area contributed by atoms with Gasteiger partial charge in [-0.1, -0.05) is 25.1 Å². The third kappa shape index (κ3) is 3.93. The molecule has 0 saturated carbocycles.